The second-order valence-electron chi connectivity index (χ2n) is 4.06. The number of hydrogen-bond donors (Lipinski definition) is 2. The Kier molecular flexibility index (Phi) is 2.38. The molecule has 2 N–H and O–H groups in total. The first-order valence-electron chi connectivity index (χ1n) is 5.09. The van der Waals surface area contributed by atoms with Crippen LogP contribution in [0.2, 0.25) is 0 Å². The summed E-state index contributed by atoms with van der Waals surface area (Å²) in [6, 6.07) is 0. The van der Waals surface area contributed by atoms with Crippen molar-refractivity contribution in [2.45, 2.75) is 31.6 Å². The largest absolute Gasteiger partial charge is 0.481 e. The van der Waals surface area contributed by atoms with Gasteiger partial charge < -0.3 is 5.11 Å². The topological polar surface area (TPSA) is 75.1 Å². The number of aliphatic carboxylic acids is 1. The molecular formula is C10H14N2O3. The van der Waals surface area contributed by atoms with Gasteiger partial charge in [0.2, 0.25) is 0 Å². The third kappa shape index (κ3) is 1.69. The monoisotopic (exact) mass is 210 g/mol. The zero-order valence-electron chi connectivity index (χ0n) is 8.62. The van der Waals surface area contributed by atoms with Crippen LogP contribution in [-0.4, -0.2) is 20.9 Å². The number of H-pyrrole nitrogens is 1. The molecule has 2 rings (SSSR count). The van der Waals surface area contributed by atoms with Gasteiger partial charge in [-0.05, 0) is 19.3 Å². The van der Waals surface area contributed by atoms with E-state index in [9.17, 15) is 9.59 Å². The van der Waals surface area contributed by atoms with Gasteiger partial charge in [0.1, 0.15) is 0 Å². The van der Waals surface area contributed by atoms with E-state index < -0.39 is 5.97 Å². The second-order valence-corrected chi connectivity index (χ2v) is 4.06. The quantitative estimate of drug-likeness (QED) is 0.750. The molecule has 0 amide bonds. The summed E-state index contributed by atoms with van der Waals surface area (Å²) in [6.45, 7) is 0. The Morgan fingerprint density at radius 3 is 3.07 bits per heavy atom. The Bertz CT molecular complexity index is 444. The summed E-state index contributed by atoms with van der Waals surface area (Å²) in [5, 5.41) is 11.7. The van der Waals surface area contributed by atoms with Crippen LogP contribution in [0.15, 0.2) is 4.79 Å². The minimum atomic E-state index is -0.837. The van der Waals surface area contributed by atoms with Gasteiger partial charge in [0, 0.05) is 24.2 Å². The molecule has 0 aliphatic heterocycles. The van der Waals surface area contributed by atoms with Crippen LogP contribution in [0.3, 0.4) is 0 Å². The third-order valence-corrected chi connectivity index (χ3v) is 2.97. The molecule has 0 fully saturated rings. The molecule has 15 heavy (non-hydrogen) atoms. The predicted octanol–water partition coefficient (Wildman–Crippen LogP) is 0.608. The number of aryl methyl sites for hydroxylation is 2. The fraction of sp³-hybridized carbons (Fsp3) is 0.600. The molecule has 5 nitrogen and oxygen atoms in total. The Morgan fingerprint density at radius 2 is 2.40 bits per heavy atom. The van der Waals surface area contributed by atoms with Crippen LogP contribution < -0.4 is 5.56 Å². The van der Waals surface area contributed by atoms with E-state index in [1.54, 1.807) is 7.05 Å². The van der Waals surface area contributed by atoms with E-state index in [1.807, 2.05) is 0 Å². The molecule has 5 heteroatoms. The van der Waals surface area contributed by atoms with Crippen molar-refractivity contribution >= 4 is 5.97 Å². The van der Waals surface area contributed by atoms with Crippen molar-refractivity contribution in [2.24, 2.45) is 7.05 Å². The zero-order chi connectivity index (χ0) is 11.0. The van der Waals surface area contributed by atoms with Crippen LogP contribution in [0.5, 0.6) is 0 Å². The maximum atomic E-state index is 11.7. The van der Waals surface area contributed by atoms with E-state index in [-0.39, 0.29) is 17.9 Å². The average molecular weight is 210 g/mol. The van der Waals surface area contributed by atoms with E-state index in [0.29, 0.717) is 5.56 Å². The number of rotatable bonds is 2. The first-order valence-corrected chi connectivity index (χ1v) is 5.09. The normalized spacial score (nSPS) is 19.9. The van der Waals surface area contributed by atoms with Crippen molar-refractivity contribution < 1.29 is 9.90 Å². The minimum Gasteiger partial charge on any atom is -0.481 e. The van der Waals surface area contributed by atoms with Gasteiger partial charge in [0.05, 0.1) is 6.42 Å². The molecular weight excluding hydrogens is 196 g/mol. The van der Waals surface area contributed by atoms with Gasteiger partial charge in [0.25, 0.3) is 5.56 Å². The standard InChI is InChI=1S/C10H14N2O3/c1-12-10(15)9-6(5-8(13)14)3-2-4-7(9)11-12/h6,11H,2-5H2,1H3,(H,13,14). The van der Waals surface area contributed by atoms with E-state index in [4.69, 9.17) is 5.11 Å². The number of carbonyl (C=O) groups is 1. The molecule has 0 bridgehead atoms. The smallest absolute Gasteiger partial charge is 0.303 e. The number of fused-ring (bicyclic) bond motifs is 1. The second kappa shape index (κ2) is 3.56. The van der Waals surface area contributed by atoms with Crippen molar-refractivity contribution in [3.63, 3.8) is 0 Å². The predicted molar refractivity (Wildman–Crippen MR) is 54.0 cm³/mol. The number of hydrogen-bond acceptors (Lipinski definition) is 2. The van der Waals surface area contributed by atoms with Gasteiger partial charge in [-0.25, -0.2) is 0 Å². The van der Waals surface area contributed by atoms with E-state index >= 15 is 0 Å². The van der Waals surface area contributed by atoms with Gasteiger partial charge in [-0.3, -0.25) is 19.4 Å². The van der Waals surface area contributed by atoms with Crippen molar-refractivity contribution in [2.75, 3.05) is 0 Å². The fourth-order valence-corrected chi connectivity index (χ4v) is 2.32. The van der Waals surface area contributed by atoms with Crippen molar-refractivity contribution in [3.05, 3.63) is 21.6 Å². The molecule has 82 valence electrons. The first-order chi connectivity index (χ1) is 7.09. The summed E-state index contributed by atoms with van der Waals surface area (Å²) in [6.07, 6.45) is 2.65. The average Bonchev–Trinajstić information content (AvgIpc) is 2.43. The van der Waals surface area contributed by atoms with Crippen molar-refractivity contribution in [3.8, 4) is 0 Å². The highest BCUT2D eigenvalue weighted by Crippen LogP contribution is 2.30. The number of carboxylic acid groups (broad SMARTS) is 1. The van der Waals surface area contributed by atoms with Gasteiger partial charge in [-0.1, -0.05) is 0 Å². The van der Waals surface area contributed by atoms with Crippen LogP contribution in [0, 0.1) is 0 Å². The Balaban J connectivity index is 2.41. The maximum absolute atomic E-state index is 11.7. The molecule has 0 spiro atoms. The summed E-state index contributed by atoms with van der Waals surface area (Å²) in [5.41, 5.74) is 1.53. The first kappa shape index (κ1) is 10.0. The lowest BCUT2D eigenvalue weighted by atomic mass is 9.85. The lowest BCUT2D eigenvalue weighted by Crippen LogP contribution is -2.21. The molecule has 1 atom stereocenters. The van der Waals surface area contributed by atoms with E-state index in [0.717, 1.165) is 25.0 Å². The minimum absolute atomic E-state index is 0.0556. The van der Waals surface area contributed by atoms with Crippen LogP contribution in [-0.2, 0) is 18.3 Å². The SMILES string of the molecule is Cn1[nH]c2c(c1=O)C(CC(=O)O)CCC2. The number of nitrogens with zero attached hydrogens (tertiary/aromatic N) is 1. The summed E-state index contributed by atoms with van der Waals surface area (Å²) in [4.78, 5) is 22.4. The van der Waals surface area contributed by atoms with Crippen molar-refractivity contribution in [1.82, 2.24) is 9.78 Å². The third-order valence-electron chi connectivity index (χ3n) is 2.97. The van der Waals surface area contributed by atoms with Crippen LogP contribution in [0.1, 0.15) is 36.4 Å². The van der Waals surface area contributed by atoms with Gasteiger partial charge in [-0.2, -0.15) is 0 Å². The number of nitrogens with one attached hydrogen (secondary N) is 1. The maximum Gasteiger partial charge on any atom is 0.303 e. The van der Waals surface area contributed by atoms with Crippen molar-refractivity contribution in [1.29, 1.82) is 0 Å². The molecule has 1 heterocycles. The number of aromatic amines is 1. The molecule has 1 aliphatic carbocycles. The Hall–Kier alpha value is -1.52. The van der Waals surface area contributed by atoms with Crippen LogP contribution in [0.4, 0.5) is 0 Å². The fourth-order valence-electron chi connectivity index (χ4n) is 2.32. The highest BCUT2D eigenvalue weighted by molar-refractivity contribution is 5.68. The molecule has 0 saturated carbocycles. The highest BCUT2D eigenvalue weighted by Gasteiger charge is 2.27. The highest BCUT2D eigenvalue weighted by atomic mass is 16.4. The van der Waals surface area contributed by atoms with Gasteiger partial charge in [-0.15, -0.1) is 0 Å². The Morgan fingerprint density at radius 1 is 1.67 bits per heavy atom. The molecule has 0 aromatic carbocycles. The van der Waals surface area contributed by atoms with E-state index in [1.165, 1.54) is 4.68 Å². The number of carboxylic acids is 1. The van der Waals surface area contributed by atoms with E-state index in [2.05, 4.69) is 5.10 Å². The van der Waals surface area contributed by atoms with Gasteiger partial charge in [0.15, 0.2) is 0 Å². The molecule has 0 radical (unpaired) electrons. The zero-order valence-corrected chi connectivity index (χ0v) is 8.62. The molecule has 0 saturated heterocycles. The summed E-state index contributed by atoms with van der Waals surface area (Å²) in [7, 11) is 1.67. The summed E-state index contributed by atoms with van der Waals surface area (Å²) in [5.74, 6) is -0.952. The number of aromatic nitrogens is 2. The van der Waals surface area contributed by atoms with Gasteiger partial charge >= 0.3 is 5.97 Å². The van der Waals surface area contributed by atoms with Crippen LogP contribution >= 0.6 is 0 Å². The molecule has 1 aromatic heterocycles. The Labute approximate surface area is 86.7 Å². The molecule has 1 aliphatic rings. The lowest BCUT2D eigenvalue weighted by molar-refractivity contribution is -0.137. The summed E-state index contributed by atoms with van der Waals surface area (Å²) >= 11 is 0. The molecule has 1 aromatic rings. The summed E-state index contributed by atoms with van der Waals surface area (Å²) < 4.78 is 1.44. The lowest BCUT2D eigenvalue weighted by Gasteiger charge is -2.18. The van der Waals surface area contributed by atoms with Crippen LogP contribution in [0.25, 0.3) is 0 Å². The molecule has 1 unspecified atom stereocenters.